The molecule has 0 spiro atoms. The predicted molar refractivity (Wildman–Crippen MR) is 278 cm³/mol. The maximum Gasteiger partial charge on any atom is 0.198 e. The van der Waals surface area contributed by atoms with Gasteiger partial charge in [0.2, 0.25) is 0 Å². The fourth-order valence-corrected chi connectivity index (χ4v) is 12.1. The lowest BCUT2D eigenvalue weighted by molar-refractivity contribution is 0.332. The SMILES string of the molecule is CC(C)(C)c1ccc(Nc2cc3c(cc2-c2c4c(c5c6cc(C(C)(C)C)ccc6n6c5c2[B]c2cc5oc7ccccc7c5cc2-6)C(C)(C)c2ccccc2-4)C(C)(C)CCC3(C)C)cc1. The quantitative estimate of drug-likeness (QED) is 0.180. The van der Waals surface area contributed by atoms with E-state index in [1.807, 2.05) is 0 Å². The first-order chi connectivity index (χ1) is 30.7. The van der Waals surface area contributed by atoms with Crippen molar-refractivity contribution in [3.63, 3.8) is 0 Å². The van der Waals surface area contributed by atoms with Gasteiger partial charge in [-0.05, 0) is 145 Å². The summed E-state index contributed by atoms with van der Waals surface area (Å²) in [4.78, 5) is 0. The molecule has 9 aromatic rings. The van der Waals surface area contributed by atoms with Gasteiger partial charge in [-0.2, -0.15) is 0 Å². The van der Waals surface area contributed by atoms with Crippen LogP contribution in [0.25, 0.3) is 71.7 Å². The van der Waals surface area contributed by atoms with Crippen LogP contribution in [0.1, 0.15) is 129 Å². The monoisotopic (exact) mass is 847 g/mol. The van der Waals surface area contributed by atoms with Crippen molar-refractivity contribution >= 4 is 73.3 Å². The zero-order chi connectivity index (χ0) is 45.3. The molecule has 2 aromatic heterocycles. The molecule has 1 N–H and O–H groups in total. The first-order valence-electron chi connectivity index (χ1n) is 23.9. The summed E-state index contributed by atoms with van der Waals surface area (Å²) in [5.41, 5.74) is 23.7. The van der Waals surface area contributed by atoms with Gasteiger partial charge in [0.25, 0.3) is 0 Å². The van der Waals surface area contributed by atoms with Crippen LogP contribution in [0.4, 0.5) is 11.4 Å². The average Bonchev–Trinajstić information content (AvgIpc) is 3.87. The molecular weight excluding hydrogens is 787 g/mol. The van der Waals surface area contributed by atoms with Gasteiger partial charge < -0.3 is 14.3 Å². The molecule has 0 saturated carbocycles. The van der Waals surface area contributed by atoms with E-state index in [0.717, 1.165) is 46.2 Å². The number of para-hydroxylation sites is 1. The number of furan rings is 1. The number of rotatable bonds is 3. The second-order valence-electron chi connectivity index (χ2n) is 23.6. The minimum atomic E-state index is -0.271. The second-order valence-corrected chi connectivity index (χ2v) is 23.6. The Bertz CT molecular complexity index is 3520. The Hall–Kier alpha value is -6.00. The minimum absolute atomic E-state index is 0.00956. The average molecular weight is 848 g/mol. The topological polar surface area (TPSA) is 30.1 Å². The van der Waals surface area contributed by atoms with Crippen molar-refractivity contribution in [1.82, 2.24) is 4.57 Å². The Kier molecular flexibility index (Phi) is 8.16. The largest absolute Gasteiger partial charge is 0.456 e. The Morgan fingerprint density at radius 1 is 0.585 bits per heavy atom. The Morgan fingerprint density at radius 3 is 1.97 bits per heavy atom. The van der Waals surface area contributed by atoms with Crippen LogP contribution in [0.5, 0.6) is 0 Å². The molecule has 7 aromatic carbocycles. The van der Waals surface area contributed by atoms with Crippen molar-refractivity contribution in [2.75, 3.05) is 5.32 Å². The summed E-state index contributed by atoms with van der Waals surface area (Å²) >= 11 is 0. The molecule has 0 saturated heterocycles. The molecule has 0 atom stereocenters. The molecule has 4 heteroatoms. The van der Waals surface area contributed by atoms with E-state index in [9.17, 15) is 0 Å². The lowest BCUT2D eigenvalue weighted by Crippen LogP contribution is -2.38. The third-order valence-electron chi connectivity index (χ3n) is 16.0. The van der Waals surface area contributed by atoms with Crippen molar-refractivity contribution in [2.45, 2.75) is 123 Å². The van der Waals surface area contributed by atoms with E-state index in [2.05, 4.69) is 216 Å². The van der Waals surface area contributed by atoms with Gasteiger partial charge in [0, 0.05) is 55.1 Å². The number of hydrogen-bond acceptors (Lipinski definition) is 2. The highest BCUT2D eigenvalue weighted by Gasteiger charge is 2.44. The van der Waals surface area contributed by atoms with E-state index in [1.165, 1.54) is 94.1 Å². The number of nitrogens with one attached hydrogen (secondary N) is 1. The molecule has 3 nitrogen and oxygen atoms in total. The third kappa shape index (κ3) is 5.74. The van der Waals surface area contributed by atoms with E-state index in [-0.39, 0.29) is 27.1 Å². The van der Waals surface area contributed by atoms with E-state index >= 15 is 0 Å². The summed E-state index contributed by atoms with van der Waals surface area (Å²) in [6.45, 7) is 28.7. The molecule has 0 unspecified atom stereocenters. The highest BCUT2D eigenvalue weighted by atomic mass is 16.3. The number of aromatic nitrogens is 1. The van der Waals surface area contributed by atoms with E-state index < -0.39 is 0 Å². The molecule has 65 heavy (non-hydrogen) atoms. The number of anilines is 2. The zero-order valence-electron chi connectivity index (χ0n) is 40.3. The van der Waals surface area contributed by atoms with Gasteiger partial charge >= 0.3 is 0 Å². The molecule has 0 amide bonds. The van der Waals surface area contributed by atoms with E-state index in [1.54, 1.807) is 0 Å². The molecule has 3 aliphatic rings. The Morgan fingerprint density at radius 2 is 1.25 bits per heavy atom. The number of hydrogen-bond donors (Lipinski definition) is 1. The first kappa shape index (κ1) is 40.5. The highest BCUT2D eigenvalue weighted by molar-refractivity contribution is 6.74. The van der Waals surface area contributed by atoms with Gasteiger partial charge in [-0.25, -0.2) is 0 Å². The van der Waals surface area contributed by atoms with Crippen LogP contribution in [-0.2, 0) is 27.1 Å². The van der Waals surface area contributed by atoms with Gasteiger partial charge in [0.05, 0.1) is 5.52 Å². The van der Waals surface area contributed by atoms with Crippen molar-refractivity contribution in [3.05, 3.63) is 149 Å². The lowest BCUT2D eigenvalue weighted by Gasteiger charge is -2.42. The van der Waals surface area contributed by atoms with Crippen LogP contribution in [0.3, 0.4) is 0 Å². The van der Waals surface area contributed by atoms with Gasteiger partial charge in [0.1, 0.15) is 11.2 Å². The van der Waals surface area contributed by atoms with Crippen molar-refractivity contribution in [1.29, 1.82) is 0 Å². The molecule has 1 aliphatic heterocycles. The maximum atomic E-state index is 6.64. The predicted octanol–water partition coefficient (Wildman–Crippen LogP) is 15.3. The van der Waals surface area contributed by atoms with Gasteiger partial charge in [-0.15, -0.1) is 0 Å². The van der Waals surface area contributed by atoms with Crippen LogP contribution in [0.15, 0.2) is 120 Å². The number of fused-ring (bicyclic) bond motifs is 13. The van der Waals surface area contributed by atoms with Crippen molar-refractivity contribution < 1.29 is 4.42 Å². The van der Waals surface area contributed by atoms with Crippen LogP contribution in [-0.4, -0.2) is 11.8 Å². The normalized spacial score (nSPS) is 16.7. The summed E-state index contributed by atoms with van der Waals surface area (Å²) in [5, 5.41) is 9.09. The van der Waals surface area contributed by atoms with E-state index in [0.29, 0.717) is 0 Å². The minimum Gasteiger partial charge on any atom is -0.456 e. The summed E-state index contributed by atoms with van der Waals surface area (Å²) < 4.78 is 9.27. The number of benzene rings is 7. The van der Waals surface area contributed by atoms with Crippen LogP contribution in [0, 0.1) is 0 Å². The summed E-state index contributed by atoms with van der Waals surface area (Å²) in [7, 11) is 2.51. The summed E-state index contributed by atoms with van der Waals surface area (Å²) in [6.07, 6.45) is 2.29. The molecule has 2 aliphatic carbocycles. The molecule has 0 fully saturated rings. The maximum absolute atomic E-state index is 6.64. The van der Waals surface area contributed by atoms with Gasteiger partial charge in [-0.3, -0.25) is 0 Å². The van der Waals surface area contributed by atoms with E-state index in [4.69, 9.17) is 4.42 Å². The zero-order valence-corrected chi connectivity index (χ0v) is 40.3. The molecule has 3 heterocycles. The fraction of sp³-hybridized carbons (Fsp3) is 0.311. The van der Waals surface area contributed by atoms with Gasteiger partial charge in [0.15, 0.2) is 7.28 Å². The number of nitrogens with zero attached hydrogens (tertiary/aromatic N) is 1. The van der Waals surface area contributed by atoms with Crippen LogP contribution in [0.2, 0.25) is 0 Å². The molecular formula is C61H60BN2O. The van der Waals surface area contributed by atoms with Crippen molar-refractivity contribution in [3.8, 4) is 27.9 Å². The third-order valence-corrected chi connectivity index (χ3v) is 16.0. The lowest BCUT2D eigenvalue weighted by atomic mass is 9.57. The first-order valence-corrected chi connectivity index (χ1v) is 23.9. The highest BCUT2D eigenvalue weighted by Crippen LogP contribution is 2.58. The summed E-state index contributed by atoms with van der Waals surface area (Å²) in [5.74, 6) is 0. The van der Waals surface area contributed by atoms with Crippen molar-refractivity contribution in [2.24, 2.45) is 0 Å². The molecule has 1 radical (unpaired) electrons. The van der Waals surface area contributed by atoms with Crippen LogP contribution >= 0.6 is 0 Å². The Balaban J connectivity index is 1.27. The standard InChI is InChI=1S/C61H60BN2O/c1-57(2,3)34-21-24-36(25-22-34)63-46-32-44-43(59(7,8)27-28-60(44,9)10)30-40(46)52-51-38-18-13-15-19-42(38)61(11,12)54(51)53-41-29-35(58(4,5)6)23-26-47(41)64-48-31-39-37-17-14-16-20-49(37)65-50(39)33-45(48)62-55(52)56(53)64/h13-26,29-33,63H,27-28H2,1-12H3. The fourth-order valence-electron chi connectivity index (χ4n) is 12.1. The second kappa shape index (κ2) is 13.1. The Labute approximate surface area is 385 Å². The molecule has 323 valence electrons. The van der Waals surface area contributed by atoms with Crippen LogP contribution < -0.4 is 16.2 Å². The smallest absolute Gasteiger partial charge is 0.198 e. The molecule has 12 rings (SSSR count). The van der Waals surface area contributed by atoms with Gasteiger partial charge in [-0.1, -0.05) is 149 Å². The summed E-state index contributed by atoms with van der Waals surface area (Å²) in [6, 6.07) is 44.1. The molecule has 0 bridgehead atoms.